The van der Waals surface area contributed by atoms with Crippen LogP contribution < -0.4 is 10.1 Å². The first-order chi connectivity index (χ1) is 27.7. The number of aromatic nitrogens is 1. The summed E-state index contributed by atoms with van der Waals surface area (Å²) in [4.78, 5) is 45.2. The number of carboxylic acids is 2. The van der Waals surface area contributed by atoms with Gasteiger partial charge in [0.15, 0.2) is 0 Å². The summed E-state index contributed by atoms with van der Waals surface area (Å²) in [7, 11) is 1.49. The number of pyridine rings is 1. The van der Waals surface area contributed by atoms with Gasteiger partial charge in [0.25, 0.3) is 5.91 Å². The van der Waals surface area contributed by atoms with Crippen molar-refractivity contribution >= 4 is 35.7 Å². The summed E-state index contributed by atoms with van der Waals surface area (Å²) in [6.07, 6.45) is 4.43. The monoisotopic (exact) mass is 798 g/mol. The average Bonchev–Trinajstić information content (AvgIpc) is 3.19. The number of carbonyl (C=O) groups is 3. The van der Waals surface area contributed by atoms with Crippen LogP contribution >= 0.6 is 0 Å². The molecule has 58 heavy (non-hydrogen) atoms. The normalized spacial score (nSPS) is 18.0. The van der Waals surface area contributed by atoms with Crippen LogP contribution in [0.1, 0.15) is 93.5 Å². The van der Waals surface area contributed by atoms with Crippen LogP contribution in [0.5, 0.6) is 5.75 Å². The summed E-state index contributed by atoms with van der Waals surface area (Å²) in [6.45, 7) is 7.14. The molecule has 0 bridgehead atoms. The molecule has 0 unspecified atom stereocenters. The quantitative estimate of drug-likeness (QED) is 0.120. The predicted molar refractivity (Wildman–Crippen MR) is 217 cm³/mol. The van der Waals surface area contributed by atoms with Crippen LogP contribution in [0, 0.1) is 20.8 Å². The van der Waals surface area contributed by atoms with E-state index in [1.165, 1.54) is 19.3 Å². The van der Waals surface area contributed by atoms with Crippen molar-refractivity contribution < 1.29 is 42.5 Å². The van der Waals surface area contributed by atoms with Gasteiger partial charge in [-0.15, -0.1) is 0 Å². The number of carbonyl (C=O) groups excluding carboxylic acids is 1. The second-order valence-electron chi connectivity index (χ2n) is 15.2. The van der Waals surface area contributed by atoms with Crippen molar-refractivity contribution in [2.24, 2.45) is 0 Å². The number of nitrogens with zero attached hydrogens (tertiary/aromatic N) is 3. The highest BCUT2D eigenvalue weighted by Gasteiger charge is 2.35. The lowest BCUT2D eigenvalue weighted by Crippen LogP contribution is -2.44. The number of likely N-dealkylation sites (tertiary alicyclic amines) is 2. The number of hydrogen-bond donors (Lipinski definition) is 3. The third kappa shape index (κ3) is 9.43. The summed E-state index contributed by atoms with van der Waals surface area (Å²) in [5.41, 5.74) is 5.69. The summed E-state index contributed by atoms with van der Waals surface area (Å²) in [5, 5.41) is 22.3. The maximum absolute atomic E-state index is 14.5. The first-order valence-electron chi connectivity index (χ1n) is 19.5. The molecule has 1 amide bonds. The molecule has 0 aliphatic carbocycles. The Balaban J connectivity index is 1.22. The molecule has 6 rings (SSSR count). The molecule has 2 atom stereocenters. The minimum atomic E-state index is -4.63. The molecule has 13 heteroatoms. The van der Waals surface area contributed by atoms with Crippen molar-refractivity contribution in [3.05, 3.63) is 111 Å². The van der Waals surface area contributed by atoms with Crippen LogP contribution in [0.15, 0.2) is 60.8 Å². The Morgan fingerprint density at radius 1 is 0.810 bits per heavy atom. The summed E-state index contributed by atoms with van der Waals surface area (Å²) >= 11 is 0. The van der Waals surface area contributed by atoms with Gasteiger partial charge in [-0.3, -0.25) is 29.2 Å². The Hall–Kier alpha value is -5.53. The number of piperidine rings is 2. The Kier molecular flexibility index (Phi) is 13.0. The van der Waals surface area contributed by atoms with Gasteiger partial charge in [-0.2, -0.15) is 13.2 Å². The number of alkyl halides is 3. The van der Waals surface area contributed by atoms with Crippen LogP contribution in [0.4, 0.5) is 18.9 Å². The number of aryl methyl sites for hydroxylation is 1. The first-order valence-corrected chi connectivity index (χ1v) is 19.5. The lowest BCUT2D eigenvalue weighted by atomic mass is 9.92. The zero-order valence-corrected chi connectivity index (χ0v) is 33.2. The van der Waals surface area contributed by atoms with Gasteiger partial charge in [0.05, 0.1) is 12.7 Å². The number of hydrogen-bond acceptors (Lipinski definition) is 7. The molecule has 0 spiro atoms. The van der Waals surface area contributed by atoms with Crippen LogP contribution in [0.25, 0.3) is 23.3 Å². The van der Waals surface area contributed by atoms with E-state index in [4.69, 9.17) is 4.74 Å². The highest BCUT2D eigenvalue weighted by atomic mass is 19.4. The third-order valence-corrected chi connectivity index (χ3v) is 11.4. The van der Waals surface area contributed by atoms with E-state index in [-0.39, 0.29) is 17.8 Å². The third-order valence-electron chi connectivity index (χ3n) is 11.4. The summed E-state index contributed by atoms with van der Waals surface area (Å²) in [6, 6.07) is 14.0. The van der Waals surface area contributed by atoms with E-state index in [2.05, 4.69) is 10.3 Å². The molecule has 306 valence electrons. The van der Waals surface area contributed by atoms with Crippen molar-refractivity contribution in [2.45, 2.75) is 90.6 Å². The fourth-order valence-corrected chi connectivity index (χ4v) is 8.14. The maximum atomic E-state index is 14.5. The smallest absolute Gasteiger partial charge is 0.416 e. The number of methoxy groups -OCH3 is 1. The molecule has 10 nitrogen and oxygen atoms in total. The van der Waals surface area contributed by atoms with Crippen molar-refractivity contribution in [3.63, 3.8) is 0 Å². The largest absolute Gasteiger partial charge is 0.496 e. The van der Waals surface area contributed by atoms with Gasteiger partial charge in [-0.05, 0) is 116 Å². The first kappa shape index (κ1) is 42.1. The lowest BCUT2D eigenvalue weighted by Gasteiger charge is -2.33. The fourth-order valence-electron chi connectivity index (χ4n) is 8.14. The summed E-state index contributed by atoms with van der Waals surface area (Å²) < 4.78 is 49.1. The number of nitrogens with one attached hydrogen (secondary N) is 1. The van der Waals surface area contributed by atoms with E-state index in [0.29, 0.717) is 60.6 Å². The van der Waals surface area contributed by atoms with E-state index in [1.807, 2.05) is 49.1 Å². The second kappa shape index (κ2) is 17.9. The highest BCUT2D eigenvalue weighted by Crippen LogP contribution is 2.37. The number of anilines is 1. The Morgan fingerprint density at radius 3 is 2.00 bits per heavy atom. The molecule has 3 heterocycles. The molecule has 0 radical (unpaired) electrons. The van der Waals surface area contributed by atoms with Crippen LogP contribution in [-0.2, 0) is 28.9 Å². The van der Waals surface area contributed by atoms with Crippen molar-refractivity contribution in [1.29, 1.82) is 0 Å². The van der Waals surface area contributed by atoms with Crippen molar-refractivity contribution in [1.82, 2.24) is 14.8 Å². The molecule has 0 saturated carbocycles. The van der Waals surface area contributed by atoms with Gasteiger partial charge < -0.3 is 20.3 Å². The number of amides is 1. The standard InChI is InChI=1S/C45H49F3N4O6/c1-27-21-31(36(45(46,47)48)22-32(27)25-51-19-7-5-15-39(51)43(54)55)18-17-30-11-9-12-34(28(30)2)35-13-10-14-37(29(35)3)50-42(53)38-23-41(58-4)33(24-49-38)26-52-20-8-6-16-40(52)44(56)57/h9-14,17-18,21-24,39-40H,5-8,15-16,19-20,25-26H2,1-4H3,(H,50,53)(H,54,55)(H,56,57)/b18-17+/t39-,40-/m0/s1. The van der Waals surface area contributed by atoms with Gasteiger partial charge in [0, 0.05) is 36.6 Å². The second-order valence-corrected chi connectivity index (χ2v) is 15.2. The highest BCUT2D eigenvalue weighted by molar-refractivity contribution is 6.04. The van der Waals surface area contributed by atoms with Crippen LogP contribution in [0.2, 0.25) is 0 Å². The molecule has 2 aliphatic heterocycles. The SMILES string of the molecule is COc1cc(C(=O)Nc2cccc(-c3cccc(/C=C/c4cc(C)c(CN5CCCC[C@H]5C(=O)O)cc4C(F)(F)F)c3C)c2C)ncc1CN1CCCC[C@H]1C(=O)O. The lowest BCUT2D eigenvalue weighted by molar-refractivity contribution is -0.145. The van der Waals surface area contributed by atoms with Gasteiger partial charge in [-0.25, -0.2) is 0 Å². The Bertz CT molecular complexity index is 2220. The Morgan fingerprint density at radius 2 is 1.40 bits per heavy atom. The zero-order chi connectivity index (χ0) is 41.7. The average molecular weight is 799 g/mol. The number of benzene rings is 3. The molecule has 2 fully saturated rings. The summed E-state index contributed by atoms with van der Waals surface area (Å²) in [5.74, 6) is -1.85. The van der Waals surface area contributed by atoms with Crippen LogP contribution in [-0.4, -0.2) is 75.1 Å². The minimum Gasteiger partial charge on any atom is -0.496 e. The number of rotatable bonds is 12. The topological polar surface area (TPSA) is 132 Å². The molecule has 4 aromatic rings. The predicted octanol–water partition coefficient (Wildman–Crippen LogP) is 9.00. The number of ether oxygens (including phenoxy) is 1. The van der Waals surface area contributed by atoms with Gasteiger partial charge >= 0.3 is 18.1 Å². The molecular formula is C45H49F3N4O6. The Labute approximate surface area is 336 Å². The number of carboxylic acid groups (broad SMARTS) is 2. The fraction of sp³-hybridized carbons (Fsp3) is 0.378. The van der Waals surface area contributed by atoms with E-state index in [0.717, 1.165) is 59.6 Å². The van der Waals surface area contributed by atoms with Gasteiger partial charge in [0.2, 0.25) is 0 Å². The minimum absolute atomic E-state index is 0.0158. The van der Waals surface area contributed by atoms with E-state index < -0.39 is 41.7 Å². The molecule has 3 aromatic carbocycles. The van der Waals surface area contributed by atoms with Gasteiger partial charge in [-0.1, -0.05) is 61.4 Å². The molecule has 2 saturated heterocycles. The van der Waals surface area contributed by atoms with Crippen molar-refractivity contribution in [3.8, 4) is 16.9 Å². The van der Waals surface area contributed by atoms with E-state index >= 15 is 0 Å². The maximum Gasteiger partial charge on any atom is 0.416 e. The molecule has 3 N–H and O–H groups in total. The zero-order valence-electron chi connectivity index (χ0n) is 33.2. The van der Waals surface area contributed by atoms with E-state index in [9.17, 15) is 37.8 Å². The number of halogens is 3. The molecule has 2 aliphatic rings. The van der Waals surface area contributed by atoms with E-state index in [1.54, 1.807) is 36.2 Å². The molecular weight excluding hydrogens is 750 g/mol. The van der Waals surface area contributed by atoms with Gasteiger partial charge in [0.1, 0.15) is 23.5 Å². The molecule has 1 aromatic heterocycles. The number of aliphatic carboxylic acids is 2. The van der Waals surface area contributed by atoms with Crippen molar-refractivity contribution in [2.75, 3.05) is 25.5 Å². The van der Waals surface area contributed by atoms with Crippen LogP contribution in [0.3, 0.4) is 0 Å².